The number of carbonyl (C=O) groups is 2. The minimum atomic E-state index is -0.981. The third kappa shape index (κ3) is 5.56. The van der Waals surface area contributed by atoms with Gasteiger partial charge in [0, 0.05) is 4.47 Å². The molecule has 2 aromatic rings. The molecule has 0 bridgehead atoms. The van der Waals surface area contributed by atoms with E-state index >= 15 is 0 Å². The second-order valence-electron chi connectivity index (χ2n) is 5.60. The Hall–Kier alpha value is -2.41. The van der Waals surface area contributed by atoms with E-state index in [2.05, 4.69) is 21.2 Å². The lowest BCUT2D eigenvalue weighted by Crippen LogP contribution is -2.42. The highest BCUT2D eigenvalue weighted by Crippen LogP contribution is 2.18. The van der Waals surface area contributed by atoms with Gasteiger partial charge in [-0.15, -0.1) is 0 Å². The lowest BCUT2D eigenvalue weighted by molar-refractivity contribution is -0.148. The maximum Gasteiger partial charge on any atom is 0.348 e. The summed E-state index contributed by atoms with van der Waals surface area (Å²) in [5, 5.41) is 2.67. The van der Waals surface area contributed by atoms with Crippen LogP contribution in [0.15, 0.2) is 53.0 Å². The van der Waals surface area contributed by atoms with Crippen molar-refractivity contribution in [3.05, 3.63) is 64.4 Å². The molecule has 0 spiro atoms. The number of halogens is 2. The number of rotatable bonds is 7. The Morgan fingerprint density at radius 2 is 1.73 bits per heavy atom. The van der Waals surface area contributed by atoms with Crippen molar-refractivity contribution >= 4 is 27.8 Å². The van der Waals surface area contributed by atoms with Crippen molar-refractivity contribution in [3.8, 4) is 5.75 Å². The molecule has 2 atom stereocenters. The molecule has 1 amide bonds. The number of esters is 1. The molecule has 2 aromatic carbocycles. The fourth-order valence-electron chi connectivity index (χ4n) is 2.23. The molecule has 26 heavy (non-hydrogen) atoms. The molecule has 2 unspecified atom stereocenters. The van der Waals surface area contributed by atoms with Crippen LogP contribution in [0.1, 0.15) is 18.4 Å². The Balaban J connectivity index is 1.99. The summed E-state index contributed by atoms with van der Waals surface area (Å²) in [5.41, 5.74) is 0.673. The summed E-state index contributed by atoms with van der Waals surface area (Å²) in [6.07, 6.45) is -0.981. The van der Waals surface area contributed by atoms with E-state index in [9.17, 15) is 14.0 Å². The summed E-state index contributed by atoms with van der Waals surface area (Å²) >= 11 is 3.32. The van der Waals surface area contributed by atoms with Gasteiger partial charge in [0.25, 0.3) is 0 Å². The SMILES string of the molecule is COC(=O)C(CNC(=O)C(C)c1ccc(F)cc1)Oc1ccc(Br)cc1. The number of ether oxygens (including phenoxy) is 2. The van der Waals surface area contributed by atoms with E-state index in [1.54, 1.807) is 43.3 Å². The van der Waals surface area contributed by atoms with Crippen molar-refractivity contribution in [2.75, 3.05) is 13.7 Å². The van der Waals surface area contributed by atoms with Crippen molar-refractivity contribution < 1.29 is 23.5 Å². The van der Waals surface area contributed by atoms with Crippen LogP contribution < -0.4 is 10.1 Å². The predicted molar refractivity (Wildman–Crippen MR) is 98.4 cm³/mol. The van der Waals surface area contributed by atoms with Gasteiger partial charge in [-0.3, -0.25) is 4.79 Å². The summed E-state index contributed by atoms with van der Waals surface area (Å²) in [7, 11) is 1.25. The number of nitrogens with one attached hydrogen (secondary N) is 1. The van der Waals surface area contributed by atoms with Crippen molar-refractivity contribution in [2.24, 2.45) is 0 Å². The molecule has 0 aliphatic rings. The van der Waals surface area contributed by atoms with Crippen LogP contribution in [0.2, 0.25) is 0 Å². The van der Waals surface area contributed by atoms with Crippen LogP contribution in [0.4, 0.5) is 4.39 Å². The van der Waals surface area contributed by atoms with Crippen molar-refractivity contribution in [3.63, 3.8) is 0 Å². The number of amides is 1. The van der Waals surface area contributed by atoms with Gasteiger partial charge in [-0.25, -0.2) is 9.18 Å². The third-order valence-corrected chi connectivity index (χ3v) is 4.31. The van der Waals surface area contributed by atoms with E-state index in [1.807, 2.05) is 0 Å². The van der Waals surface area contributed by atoms with E-state index in [1.165, 1.54) is 19.2 Å². The largest absolute Gasteiger partial charge is 0.477 e. The molecular formula is C19H19BrFNO4. The fraction of sp³-hybridized carbons (Fsp3) is 0.263. The monoisotopic (exact) mass is 423 g/mol. The smallest absolute Gasteiger partial charge is 0.348 e. The van der Waals surface area contributed by atoms with Gasteiger partial charge < -0.3 is 14.8 Å². The van der Waals surface area contributed by atoms with Crippen LogP contribution in [0, 0.1) is 5.82 Å². The molecule has 2 rings (SSSR count). The molecule has 0 heterocycles. The number of hydrogen-bond acceptors (Lipinski definition) is 4. The molecule has 0 aliphatic heterocycles. The summed E-state index contributed by atoms with van der Waals surface area (Å²) < 4.78 is 24.2. The Morgan fingerprint density at radius 1 is 1.12 bits per heavy atom. The lowest BCUT2D eigenvalue weighted by atomic mass is 10.0. The van der Waals surface area contributed by atoms with E-state index in [0.29, 0.717) is 11.3 Å². The lowest BCUT2D eigenvalue weighted by Gasteiger charge is -2.19. The Bertz CT molecular complexity index is 749. The topological polar surface area (TPSA) is 64.6 Å². The van der Waals surface area contributed by atoms with Gasteiger partial charge in [-0.1, -0.05) is 28.1 Å². The molecule has 1 N–H and O–H groups in total. The maximum absolute atomic E-state index is 13.0. The molecule has 7 heteroatoms. The molecule has 5 nitrogen and oxygen atoms in total. The van der Waals surface area contributed by atoms with Gasteiger partial charge in [0.15, 0.2) is 0 Å². The average molecular weight is 424 g/mol. The van der Waals surface area contributed by atoms with Crippen molar-refractivity contribution in [1.29, 1.82) is 0 Å². The normalized spacial score (nSPS) is 12.8. The Kier molecular flexibility index (Phi) is 7.15. The van der Waals surface area contributed by atoms with Gasteiger partial charge in [-0.2, -0.15) is 0 Å². The third-order valence-electron chi connectivity index (χ3n) is 3.78. The van der Waals surface area contributed by atoms with Crippen LogP contribution in [0.3, 0.4) is 0 Å². The molecule has 0 aromatic heterocycles. The maximum atomic E-state index is 13.0. The highest BCUT2D eigenvalue weighted by Gasteiger charge is 2.24. The van der Waals surface area contributed by atoms with Gasteiger partial charge in [0.05, 0.1) is 19.6 Å². The molecule has 0 aliphatic carbocycles. The van der Waals surface area contributed by atoms with E-state index in [0.717, 1.165) is 4.47 Å². The second-order valence-corrected chi connectivity index (χ2v) is 6.52. The average Bonchev–Trinajstić information content (AvgIpc) is 2.65. The fourth-order valence-corrected chi connectivity index (χ4v) is 2.50. The first-order valence-electron chi connectivity index (χ1n) is 7.94. The van der Waals surface area contributed by atoms with Gasteiger partial charge in [0.2, 0.25) is 12.0 Å². The number of carbonyl (C=O) groups excluding carboxylic acids is 2. The second kappa shape index (κ2) is 9.33. The zero-order valence-electron chi connectivity index (χ0n) is 14.4. The highest BCUT2D eigenvalue weighted by atomic mass is 79.9. The summed E-state index contributed by atoms with van der Waals surface area (Å²) in [5.74, 6) is -1.28. The van der Waals surface area contributed by atoms with E-state index < -0.39 is 18.0 Å². The van der Waals surface area contributed by atoms with Crippen LogP contribution in [0.5, 0.6) is 5.75 Å². The summed E-state index contributed by atoms with van der Waals surface area (Å²) in [6, 6.07) is 12.6. The predicted octanol–water partition coefficient (Wildman–Crippen LogP) is 3.43. The number of benzene rings is 2. The standard InChI is InChI=1S/C19H19BrFNO4/c1-12(13-3-7-15(21)8-4-13)18(23)22-11-17(19(24)25-2)26-16-9-5-14(20)6-10-16/h3-10,12,17H,11H2,1-2H3,(H,22,23). The van der Waals surface area contributed by atoms with Gasteiger partial charge >= 0.3 is 5.97 Å². The van der Waals surface area contributed by atoms with E-state index in [4.69, 9.17) is 9.47 Å². The van der Waals surface area contributed by atoms with Crippen molar-refractivity contribution in [2.45, 2.75) is 18.9 Å². The van der Waals surface area contributed by atoms with Crippen LogP contribution in [-0.2, 0) is 14.3 Å². The molecule has 0 saturated heterocycles. The first-order valence-corrected chi connectivity index (χ1v) is 8.73. The minimum absolute atomic E-state index is 0.0485. The Morgan fingerprint density at radius 3 is 2.31 bits per heavy atom. The molecule has 138 valence electrons. The van der Waals surface area contributed by atoms with Crippen LogP contribution in [0.25, 0.3) is 0 Å². The number of methoxy groups -OCH3 is 1. The van der Waals surface area contributed by atoms with Gasteiger partial charge in [0.1, 0.15) is 11.6 Å². The van der Waals surface area contributed by atoms with Crippen molar-refractivity contribution in [1.82, 2.24) is 5.32 Å². The summed E-state index contributed by atoms with van der Waals surface area (Å²) in [4.78, 5) is 24.2. The molecule has 0 fully saturated rings. The molecule has 0 radical (unpaired) electrons. The zero-order valence-corrected chi connectivity index (χ0v) is 16.0. The van der Waals surface area contributed by atoms with Gasteiger partial charge in [-0.05, 0) is 48.9 Å². The van der Waals surface area contributed by atoms with Crippen LogP contribution in [-0.4, -0.2) is 31.6 Å². The molecular weight excluding hydrogens is 405 g/mol. The molecule has 0 saturated carbocycles. The van der Waals surface area contributed by atoms with E-state index in [-0.39, 0.29) is 18.3 Å². The highest BCUT2D eigenvalue weighted by molar-refractivity contribution is 9.10. The minimum Gasteiger partial charge on any atom is -0.477 e. The summed E-state index contributed by atoms with van der Waals surface area (Å²) in [6.45, 7) is 1.65. The number of hydrogen-bond donors (Lipinski definition) is 1. The quantitative estimate of drug-likeness (QED) is 0.692. The first-order chi connectivity index (χ1) is 12.4. The zero-order chi connectivity index (χ0) is 19.1. The van der Waals surface area contributed by atoms with Crippen LogP contribution >= 0.6 is 15.9 Å². The first kappa shape index (κ1) is 19.9. The Labute approximate surface area is 159 Å².